The summed E-state index contributed by atoms with van der Waals surface area (Å²) >= 11 is 0. The van der Waals surface area contributed by atoms with Crippen molar-refractivity contribution in [2.75, 3.05) is 13.2 Å². The molecule has 24 heavy (non-hydrogen) atoms. The summed E-state index contributed by atoms with van der Waals surface area (Å²) in [6, 6.07) is 7.50. The van der Waals surface area contributed by atoms with Gasteiger partial charge in [-0.25, -0.2) is 9.59 Å². The van der Waals surface area contributed by atoms with Crippen LogP contribution in [0.3, 0.4) is 0 Å². The Morgan fingerprint density at radius 1 is 1.12 bits per heavy atom. The Morgan fingerprint density at radius 3 is 2.38 bits per heavy atom. The quantitative estimate of drug-likeness (QED) is 0.582. The number of hydrogen-bond acceptors (Lipinski definition) is 6. The Morgan fingerprint density at radius 2 is 1.75 bits per heavy atom. The number of H-pyrrole nitrogens is 1. The number of ether oxygens (including phenoxy) is 2. The molecule has 1 heterocycles. The first-order valence-corrected chi connectivity index (χ1v) is 7.74. The van der Waals surface area contributed by atoms with Gasteiger partial charge in [-0.2, -0.15) is 0 Å². The summed E-state index contributed by atoms with van der Waals surface area (Å²) in [4.78, 5) is 38.4. The van der Waals surface area contributed by atoms with Gasteiger partial charge in [0.2, 0.25) is 11.6 Å². The molecule has 128 valence electrons. The summed E-state index contributed by atoms with van der Waals surface area (Å²) in [5.41, 5.74) is 1.10. The highest BCUT2D eigenvalue weighted by Crippen LogP contribution is 2.14. The van der Waals surface area contributed by atoms with Crippen LogP contribution in [0.15, 0.2) is 35.1 Å². The van der Waals surface area contributed by atoms with Gasteiger partial charge < -0.3 is 14.5 Å². The number of aromatic nitrogens is 1. The van der Waals surface area contributed by atoms with Crippen LogP contribution >= 0.6 is 0 Å². The van der Waals surface area contributed by atoms with E-state index in [9.17, 15) is 14.4 Å². The molecule has 0 atom stereocenters. The average Bonchev–Trinajstić information content (AvgIpc) is 2.55. The molecule has 0 unspecified atom stereocenters. The standard InChI is InChI=1S/C17H20N2O5/c1-3-23-16(21)15(17(22)24-4-2)18-10-11-9-14(20)19-13-8-6-5-7-12(11)13/h5-9,15,18H,3-4,10H2,1-2H3,(H,19,20). The molecule has 0 saturated carbocycles. The van der Waals surface area contributed by atoms with Crippen molar-refractivity contribution in [2.45, 2.75) is 26.4 Å². The van der Waals surface area contributed by atoms with E-state index in [2.05, 4.69) is 10.3 Å². The second kappa shape index (κ2) is 8.26. The highest BCUT2D eigenvalue weighted by atomic mass is 16.6. The van der Waals surface area contributed by atoms with E-state index >= 15 is 0 Å². The van der Waals surface area contributed by atoms with E-state index in [-0.39, 0.29) is 25.3 Å². The number of carbonyl (C=O) groups is 2. The molecule has 0 saturated heterocycles. The Bertz CT molecular complexity index is 766. The predicted octanol–water partition coefficient (Wildman–Crippen LogP) is 1.11. The SMILES string of the molecule is CCOC(=O)C(NCc1cc(=O)[nH]c2ccccc12)C(=O)OCC. The minimum absolute atomic E-state index is 0.146. The largest absolute Gasteiger partial charge is 0.464 e. The van der Waals surface area contributed by atoms with Crippen LogP contribution < -0.4 is 10.9 Å². The smallest absolute Gasteiger partial charge is 0.334 e. The number of benzene rings is 1. The first kappa shape index (κ1) is 17.7. The maximum absolute atomic E-state index is 12.0. The van der Waals surface area contributed by atoms with Crippen molar-refractivity contribution in [3.05, 3.63) is 46.2 Å². The van der Waals surface area contributed by atoms with Gasteiger partial charge >= 0.3 is 11.9 Å². The van der Waals surface area contributed by atoms with Gasteiger partial charge in [0.1, 0.15) is 0 Å². The highest BCUT2D eigenvalue weighted by Gasteiger charge is 2.29. The summed E-state index contributed by atoms with van der Waals surface area (Å²) in [7, 11) is 0. The van der Waals surface area contributed by atoms with Crippen molar-refractivity contribution in [3.8, 4) is 0 Å². The number of para-hydroxylation sites is 1. The van der Waals surface area contributed by atoms with Crippen molar-refractivity contribution in [1.82, 2.24) is 10.3 Å². The van der Waals surface area contributed by atoms with Crippen LogP contribution in [0.4, 0.5) is 0 Å². The lowest BCUT2D eigenvalue weighted by molar-refractivity contribution is -0.158. The van der Waals surface area contributed by atoms with E-state index in [4.69, 9.17) is 9.47 Å². The maximum atomic E-state index is 12.0. The number of pyridine rings is 1. The van der Waals surface area contributed by atoms with E-state index < -0.39 is 18.0 Å². The summed E-state index contributed by atoms with van der Waals surface area (Å²) in [5, 5.41) is 3.65. The zero-order chi connectivity index (χ0) is 17.5. The number of aromatic amines is 1. The van der Waals surface area contributed by atoms with Crippen LogP contribution in [0.1, 0.15) is 19.4 Å². The van der Waals surface area contributed by atoms with Gasteiger partial charge in [-0.15, -0.1) is 0 Å². The molecular weight excluding hydrogens is 312 g/mol. The summed E-state index contributed by atoms with van der Waals surface area (Å²) in [6.45, 7) is 3.77. The monoisotopic (exact) mass is 332 g/mol. The molecule has 0 aliphatic rings. The lowest BCUT2D eigenvalue weighted by Crippen LogP contribution is -2.45. The van der Waals surface area contributed by atoms with Crippen LogP contribution in [0.2, 0.25) is 0 Å². The number of hydrogen-bond donors (Lipinski definition) is 2. The Kier molecular flexibility index (Phi) is 6.08. The molecule has 0 amide bonds. The fourth-order valence-corrected chi connectivity index (χ4v) is 2.35. The third kappa shape index (κ3) is 4.20. The number of rotatable bonds is 7. The molecule has 0 fully saturated rings. The first-order valence-electron chi connectivity index (χ1n) is 7.74. The minimum Gasteiger partial charge on any atom is -0.464 e. The molecular formula is C17H20N2O5. The Hall–Kier alpha value is -2.67. The van der Waals surface area contributed by atoms with Crippen molar-refractivity contribution in [2.24, 2.45) is 0 Å². The lowest BCUT2D eigenvalue weighted by atomic mass is 10.1. The van der Waals surface area contributed by atoms with E-state index in [0.717, 1.165) is 5.39 Å². The third-order valence-electron chi connectivity index (χ3n) is 3.38. The van der Waals surface area contributed by atoms with Crippen LogP contribution in [-0.4, -0.2) is 36.2 Å². The fraction of sp³-hybridized carbons (Fsp3) is 0.353. The van der Waals surface area contributed by atoms with Crippen LogP contribution in [0, 0.1) is 0 Å². The molecule has 1 aromatic heterocycles. The topological polar surface area (TPSA) is 97.5 Å². The molecule has 2 aromatic rings. The molecule has 7 heteroatoms. The van der Waals surface area contributed by atoms with Crippen LogP contribution in [-0.2, 0) is 25.6 Å². The average molecular weight is 332 g/mol. The summed E-state index contributed by atoms with van der Waals surface area (Å²) < 4.78 is 9.80. The molecule has 7 nitrogen and oxygen atoms in total. The molecule has 0 aliphatic carbocycles. The van der Waals surface area contributed by atoms with Crippen LogP contribution in [0.25, 0.3) is 10.9 Å². The maximum Gasteiger partial charge on any atom is 0.334 e. The molecule has 2 N–H and O–H groups in total. The van der Waals surface area contributed by atoms with Gasteiger partial charge in [0.25, 0.3) is 0 Å². The Labute approximate surface area is 139 Å². The first-order chi connectivity index (χ1) is 11.6. The number of esters is 2. The van der Waals surface area contributed by atoms with Crippen molar-refractivity contribution in [1.29, 1.82) is 0 Å². The number of carbonyl (C=O) groups excluding carboxylic acids is 2. The van der Waals surface area contributed by atoms with Gasteiger partial charge in [-0.1, -0.05) is 18.2 Å². The highest BCUT2D eigenvalue weighted by molar-refractivity contribution is 5.99. The fourth-order valence-electron chi connectivity index (χ4n) is 2.35. The van der Waals surface area contributed by atoms with E-state index in [1.54, 1.807) is 19.9 Å². The van der Waals surface area contributed by atoms with Crippen molar-refractivity contribution < 1.29 is 19.1 Å². The van der Waals surface area contributed by atoms with Crippen molar-refractivity contribution >= 4 is 22.8 Å². The van der Waals surface area contributed by atoms with Gasteiger partial charge in [0, 0.05) is 23.5 Å². The number of nitrogens with one attached hydrogen (secondary N) is 2. The van der Waals surface area contributed by atoms with E-state index in [1.807, 2.05) is 18.2 Å². The molecule has 1 aromatic carbocycles. The molecule has 0 bridgehead atoms. The molecule has 0 spiro atoms. The van der Waals surface area contributed by atoms with E-state index in [0.29, 0.717) is 11.1 Å². The predicted molar refractivity (Wildman–Crippen MR) is 88.5 cm³/mol. The van der Waals surface area contributed by atoms with Crippen molar-refractivity contribution in [3.63, 3.8) is 0 Å². The Balaban J connectivity index is 2.24. The van der Waals surface area contributed by atoms with Gasteiger partial charge in [-0.3, -0.25) is 10.1 Å². The summed E-state index contributed by atoms with van der Waals surface area (Å²) in [6.07, 6.45) is 0. The van der Waals surface area contributed by atoms with Gasteiger partial charge in [0.05, 0.1) is 13.2 Å². The van der Waals surface area contributed by atoms with Gasteiger partial charge in [0.15, 0.2) is 0 Å². The van der Waals surface area contributed by atoms with Crippen LogP contribution in [0.5, 0.6) is 0 Å². The molecule has 0 radical (unpaired) electrons. The summed E-state index contributed by atoms with van der Waals surface area (Å²) in [5.74, 6) is -1.41. The molecule has 0 aliphatic heterocycles. The number of fused-ring (bicyclic) bond motifs is 1. The van der Waals surface area contributed by atoms with Gasteiger partial charge in [-0.05, 0) is 25.5 Å². The molecule has 2 rings (SSSR count). The van der Waals surface area contributed by atoms with E-state index in [1.165, 1.54) is 6.07 Å². The zero-order valence-electron chi connectivity index (χ0n) is 13.6. The second-order valence-corrected chi connectivity index (χ2v) is 5.02. The lowest BCUT2D eigenvalue weighted by Gasteiger charge is -2.16. The normalized spacial score (nSPS) is 10.8. The second-order valence-electron chi connectivity index (χ2n) is 5.02. The third-order valence-corrected chi connectivity index (χ3v) is 3.38. The minimum atomic E-state index is -1.23. The zero-order valence-corrected chi connectivity index (χ0v) is 13.6.